The van der Waals surface area contributed by atoms with Crippen LogP contribution in [0, 0.1) is 5.82 Å². The van der Waals surface area contributed by atoms with E-state index >= 15 is 0 Å². The summed E-state index contributed by atoms with van der Waals surface area (Å²) in [5.74, 6) is -0.319. The van der Waals surface area contributed by atoms with Gasteiger partial charge >= 0.3 is 6.18 Å². The maximum atomic E-state index is 13.9. The molecule has 3 heterocycles. The Morgan fingerprint density at radius 1 is 1.24 bits per heavy atom. The zero-order valence-corrected chi connectivity index (χ0v) is 19.4. The van der Waals surface area contributed by atoms with Crippen molar-refractivity contribution in [3.8, 4) is 16.9 Å². The van der Waals surface area contributed by atoms with Crippen molar-refractivity contribution in [2.24, 2.45) is 0 Å². The van der Waals surface area contributed by atoms with Gasteiger partial charge in [0, 0.05) is 34.1 Å². The van der Waals surface area contributed by atoms with Gasteiger partial charge in [0.05, 0.1) is 17.3 Å². The van der Waals surface area contributed by atoms with Gasteiger partial charge < -0.3 is 15.8 Å². The number of alkyl halides is 3. The van der Waals surface area contributed by atoms with Gasteiger partial charge in [-0.25, -0.2) is 9.37 Å². The Hall–Kier alpha value is -2.56. The van der Waals surface area contributed by atoms with Gasteiger partial charge in [0.25, 0.3) is 0 Å². The van der Waals surface area contributed by atoms with Crippen LogP contribution >= 0.6 is 23.2 Å². The van der Waals surface area contributed by atoms with Crippen molar-refractivity contribution in [2.45, 2.75) is 44.1 Å². The number of nitrogens with two attached hydrogens (primary N) is 1. The number of nitrogen functional groups attached to an aromatic ring is 1. The molecule has 3 N–H and O–H groups in total. The molecule has 12 heteroatoms. The van der Waals surface area contributed by atoms with Crippen LogP contribution in [0.4, 0.5) is 23.4 Å². The number of nitrogens with zero attached hydrogens (tertiary/aromatic N) is 3. The maximum absolute atomic E-state index is 13.9. The highest BCUT2D eigenvalue weighted by molar-refractivity contribution is 6.36. The molecular formula is C22H21Cl2F4N5O. The van der Waals surface area contributed by atoms with E-state index in [1.165, 1.54) is 12.3 Å². The summed E-state index contributed by atoms with van der Waals surface area (Å²) < 4.78 is 60.7. The summed E-state index contributed by atoms with van der Waals surface area (Å²) in [5.41, 5.74) is 7.47. The minimum Gasteiger partial charge on any atom is -0.482 e. The van der Waals surface area contributed by atoms with Crippen LogP contribution in [0.1, 0.15) is 37.5 Å². The van der Waals surface area contributed by atoms with Gasteiger partial charge in [-0.3, -0.25) is 4.68 Å². The molecule has 1 saturated heterocycles. The SMILES string of the molecule is CC(Oc1cc(-c2cnn(C3CCNC(C(F)(F)F)C3)c2)cnc1N)c1c(Cl)ccc(F)c1Cl. The van der Waals surface area contributed by atoms with Crippen molar-refractivity contribution in [1.29, 1.82) is 0 Å². The fourth-order valence-corrected chi connectivity index (χ4v) is 4.62. The smallest absolute Gasteiger partial charge is 0.403 e. The number of ether oxygens (including phenoxy) is 1. The van der Waals surface area contributed by atoms with E-state index in [1.54, 1.807) is 30.1 Å². The molecule has 2 aromatic heterocycles. The summed E-state index contributed by atoms with van der Waals surface area (Å²) >= 11 is 12.2. The number of benzene rings is 1. The van der Waals surface area contributed by atoms with Crippen LogP contribution < -0.4 is 15.8 Å². The second-order valence-corrected chi connectivity index (χ2v) is 8.85. The molecule has 34 heavy (non-hydrogen) atoms. The van der Waals surface area contributed by atoms with Gasteiger partial charge in [-0.2, -0.15) is 18.3 Å². The third-order valence-electron chi connectivity index (χ3n) is 5.75. The Kier molecular flexibility index (Phi) is 6.93. The predicted octanol–water partition coefficient (Wildman–Crippen LogP) is 5.97. The van der Waals surface area contributed by atoms with Crippen LogP contribution in [0.5, 0.6) is 5.75 Å². The number of halogens is 6. The Morgan fingerprint density at radius 3 is 2.74 bits per heavy atom. The Labute approximate surface area is 203 Å². The lowest BCUT2D eigenvalue weighted by Gasteiger charge is -2.31. The zero-order valence-electron chi connectivity index (χ0n) is 17.9. The summed E-state index contributed by atoms with van der Waals surface area (Å²) in [6.45, 7) is 1.89. The van der Waals surface area contributed by atoms with Gasteiger partial charge in [-0.05, 0) is 44.5 Å². The second kappa shape index (κ2) is 9.59. The number of anilines is 1. The van der Waals surface area contributed by atoms with Crippen molar-refractivity contribution < 1.29 is 22.3 Å². The van der Waals surface area contributed by atoms with Gasteiger partial charge in [0.1, 0.15) is 18.0 Å². The molecule has 182 valence electrons. The number of rotatable bonds is 5. The van der Waals surface area contributed by atoms with E-state index in [1.807, 2.05) is 0 Å². The van der Waals surface area contributed by atoms with Crippen LogP contribution in [0.3, 0.4) is 0 Å². The molecule has 0 bridgehead atoms. The molecule has 3 aromatic rings. The third-order valence-corrected chi connectivity index (χ3v) is 6.47. The molecule has 0 spiro atoms. The quantitative estimate of drug-likeness (QED) is 0.322. The largest absolute Gasteiger partial charge is 0.482 e. The summed E-state index contributed by atoms with van der Waals surface area (Å²) in [5, 5.41) is 6.86. The Morgan fingerprint density at radius 2 is 2.00 bits per heavy atom. The summed E-state index contributed by atoms with van der Waals surface area (Å²) in [4.78, 5) is 4.15. The molecule has 0 saturated carbocycles. The molecule has 6 nitrogen and oxygen atoms in total. The van der Waals surface area contributed by atoms with E-state index in [2.05, 4.69) is 15.4 Å². The third kappa shape index (κ3) is 5.08. The number of nitrogens with one attached hydrogen (secondary N) is 1. The minimum atomic E-state index is -4.31. The first-order valence-electron chi connectivity index (χ1n) is 10.4. The predicted molar refractivity (Wildman–Crippen MR) is 121 cm³/mol. The molecule has 3 atom stereocenters. The lowest BCUT2D eigenvalue weighted by molar-refractivity contribution is -0.163. The fourth-order valence-electron chi connectivity index (χ4n) is 3.95. The normalized spacial score (nSPS) is 19.7. The van der Waals surface area contributed by atoms with E-state index < -0.39 is 30.2 Å². The molecule has 1 aliphatic heterocycles. The number of hydrogen-bond acceptors (Lipinski definition) is 5. The first-order valence-corrected chi connectivity index (χ1v) is 11.2. The molecular weight excluding hydrogens is 497 g/mol. The van der Waals surface area contributed by atoms with E-state index in [0.717, 1.165) is 6.07 Å². The lowest BCUT2D eigenvalue weighted by atomic mass is 9.99. The molecule has 1 aromatic carbocycles. The molecule has 0 aliphatic carbocycles. The van der Waals surface area contributed by atoms with Crippen LogP contribution in [0.15, 0.2) is 36.8 Å². The standard InChI is InChI=1S/C22H21Cl2F4N5O/c1-11(19-15(23)2-3-16(25)20(19)24)34-17-6-12(8-31-21(17)29)13-9-32-33(10-13)14-4-5-30-18(7-14)22(26,27)28/h2-3,6,8-11,14,18,30H,4-5,7H2,1H3,(H2,29,31). The van der Waals surface area contributed by atoms with E-state index in [-0.39, 0.29) is 40.1 Å². The molecule has 0 radical (unpaired) electrons. The molecule has 0 amide bonds. The second-order valence-electron chi connectivity index (χ2n) is 8.06. The highest BCUT2D eigenvalue weighted by Gasteiger charge is 2.42. The van der Waals surface area contributed by atoms with Crippen molar-refractivity contribution in [1.82, 2.24) is 20.1 Å². The van der Waals surface area contributed by atoms with Gasteiger partial charge in [-0.1, -0.05) is 23.2 Å². The highest BCUT2D eigenvalue weighted by Crippen LogP contribution is 2.37. The fraction of sp³-hybridized carbons (Fsp3) is 0.364. The molecule has 1 aliphatic rings. The van der Waals surface area contributed by atoms with Crippen LogP contribution in [-0.4, -0.2) is 33.5 Å². The number of pyridine rings is 1. The van der Waals surface area contributed by atoms with Gasteiger partial charge in [0.15, 0.2) is 11.6 Å². The number of aromatic nitrogens is 3. The van der Waals surface area contributed by atoms with Crippen molar-refractivity contribution in [3.63, 3.8) is 0 Å². The highest BCUT2D eigenvalue weighted by atomic mass is 35.5. The molecule has 1 fully saturated rings. The first-order chi connectivity index (χ1) is 16.0. The summed E-state index contributed by atoms with van der Waals surface area (Å²) in [7, 11) is 0. The lowest BCUT2D eigenvalue weighted by Crippen LogP contribution is -2.48. The van der Waals surface area contributed by atoms with E-state index in [9.17, 15) is 17.6 Å². The Balaban J connectivity index is 1.55. The van der Waals surface area contributed by atoms with Crippen LogP contribution in [0.25, 0.3) is 11.1 Å². The zero-order chi connectivity index (χ0) is 24.6. The number of piperidine rings is 1. The Bertz CT molecular complexity index is 1190. The average Bonchev–Trinajstić information content (AvgIpc) is 3.28. The molecule has 3 unspecified atom stereocenters. The topological polar surface area (TPSA) is 78.0 Å². The summed E-state index contributed by atoms with van der Waals surface area (Å²) in [6.07, 6.45) is 0.0887. The van der Waals surface area contributed by atoms with Crippen LogP contribution in [-0.2, 0) is 0 Å². The van der Waals surface area contributed by atoms with E-state index in [4.69, 9.17) is 33.7 Å². The first kappa shape index (κ1) is 24.6. The van der Waals surface area contributed by atoms with Crippen molar-refractivity contribution in [2.75, 3.05) is 12.3 Å². The van der Waals surface area contributed by atoms with E-state index in [0.29, 0.717) is 17.5 Å². The van der Waals surface area contributed by atoms with Crippen molar-refractivity contribution >= 4 is 29.0 Å². The molecule has 4 rings (SSSR count). The van der Waals surface area contributed by atoms with Gasteiger partial charge in [0.2, 0.25) is 0 Å². The summed E-state index contributed by atoms with van der Waals surface area (Å²) in [6, 6.07) is 2.21. The van der Waals surface area contributed by atoms with Crippen LogP contribution in [0.2, 0.25) is 10.0 Å². The maximum Gasteiger partial charge on any atom is 0.403 e. The number of hydrogen-bond donors (Lipinski definition) is 2. The van der Waals surface area contributed by atoms with Gasteiger partial charge in [-0.15, -0.1) is 0 Å². The monoisotopic (exact) mass is 517 g/mol. The average molecular weight is 518 g/mol. The van der Waals surface area contributed by atoms with Crippen molar-refractivity contribution in [3.05, 3.63) is 58.2 Å². The minimum absolute atomic E-state index is 0.0954.